The van der Waals surface area contributed by atoms with E-state index in [1.807, 2.05) is 37.8 Å². The molecule has 4 rings (SSSR count). The van der Waals surface area contributed by atoms with Gasteiger partial charge in [0.1, 0.15) is 5.82 Å². The summed E-state index contributed by atoms with van der Waals surface area (Å²) in [5.74, 6) is 0.648. The quantitative estimate of drug-likeness (QED) is 0.584. The molecule has 0 aromatic carbocycles. The fourth-order valence-corrected chi connectivity index (χ4v) is 3.98. The third-order valence-electron chi connectivity index (χ3n) is 5.69. The zero-order valence-corrected chi connectivity index (χ0v) is 17.5. The number of ether oxygens (including phenoxy) is 1. The Kier molecular flexibility index (Phi) is 6.35. The number of aryl methyl sites for hydroxylation is 1. The highest BCUT2D eigenvalue weighted by molar-refractivity contribution is 5.94. The highest BCUT2D eigenvalue weighted by Gasteiger charge is 2.26. The van der Waals surface area contributed by atoms with Crippen LogP contribution in [0.4, 0.5) is 5.82 Å². The van der Waals surface area contributed by atoms with Gasteiger partial charge < -0.3 is 15.4 Å². The maximum absolute atomic E-state index is 12.7. The molecule has 0 saturated heterocycles. The van der Waals surface area contributed by atoms with Crippen LogP contribution in [0.15, 0.2) is 36.9 Å². The second kappa shape index (κ2) is 9.32. The van der Waals surface area contributed by atoms with Crippen LogP contribution in [0.5, 0.6) is 0 Å². The molecule has 1 aliphatic rings. The number of methoxy groups -OCH3 is 1. The van der Waals surface area contributed by atoms with Crippen LogP contribution in [0.2, 0.25) is 0 Å². The maximum atomic E-state index is 12.7. The minimum Gasteiger partial charge on any atom is -0.383 e. The molecule has 0 atom stereocenters. The van der Waals surface area contributed by atoms with E-state index >= 15 is 0 Å². The van der Waals surface area contributed by atoms with Gasteiger partial charge in [0.15, 0.2) is 0 Å². The topological polar surface area (TPSA) is 94.0 Å². The van der Waals surface area contributed by atoms with Gasteiger partial charge in [-0.25, -0.2) is 4.98 Å². The summed E-state index contributed by atoms with van der Waals surface area (Å²) in [5, 5.41) is 11.6. The lowest BCUT2D eigenvalue weighted by atomic mass is 9.85. The van der Waals surface area contributed by atoms with E-state index in [4.69, 9.17) is 4.74 Å². The Morgan fingerprint density at radius 1 is 1.13 bits per heavy atom. The monoisotopic (exact) mass is 408 g/mol. The molecule has 0 bridgehead atoms. The van der Waals surface area contributed by atoms with Gasteiger partial charge in [-0.15, -0.1) is 0 Å². The summed E-state index contributed by atoms with van der Waals surface area (Å²) in [5.41, 5.74) is 2.78. The van der Waals surface area contributed by atoms with Crippen LogP contribution in [-0.2, 0) is 16.6 Å². The van der Waals surface area contributed by atoms with Crippen LogP contribution < -0.4 is 10.6 Å². The number of anilines is 1. The minimum atomic E-state index is 0.0304. The third-order valence-corrected chi connectivity index (χ3v) is 5.69. The van der Waals surface area contributed by atoms with Crippen molar-refractivity contribution in [1.82, 2.24) is 25.1 Å². The van der Waals surface area contributed by atoms with Gasteiger partial charge in [-0.05, 0) is 37.8 Å². The first-order valence-corrected chi connectivity index (χ1v) is 10.4. The van der Waals surface area contributed by atoms with Gasteiger partial charge in [0.05, 0.1) is 24.5 Å². The second-order valence-corrected chi connectivity index (χ2v) is 7.87. The lowest BCUT2D eigenvalue weighted by Crippen LogP contribution is -2.37. The molecule has 0 unspecified atom stereocenters. The number of nitrogens with one attached hydrogen (secondary N) is 2. The molecular weight excluding hydrogens is 380 g/mol. The van der Waals surface area contributed by atoms with Gasteiger partial charge in [-0.2, -0.15) is 5.10 Å². The van der Waals surface area contributed by atoms with Gasteiger partial charge in [0.2, 0.25) is 5.91 Å². The molecule has 3 aromatic heterocycles. The van der Waals surface area contributed by atoms with Crippen LogP contribution in [0.1, 0.15) is 25.7 Å². The average Bonchev–Trinajstić information content (AvgIpc) is 3.20. The predicted octanol–water partition coefficient (Wildman–Crippen LogP) is 2.76. The number of carbonyl (C=O) groups is 1. The molecule has 1 aliphatic carbocycles. The first kappa shape index (κ1) is 20.4. The molecule has 3 heterocycles. The summed E-state index contributed by atoms with van der Waals surface area (Å²) >= 11 is 0. The van der Waals surface area contributed by atoms with Gasteiger partial charge in [0.25, 0.3) is 0 Å². The number of hydrogen-bond acceptors (Lipinski definition) is 6. The molecule has 0 aliphatic heterocycles. The molecule has 8 nitrogen and oxygen atoms in total. The van der Waals surface area contributed by atoms with Crippen LogP contribution in [0, 0.1) is 5.92 Å². The number of amides is 1. The molecule has 1 amide bonds. The summed E-state index contributed by atoms with van der Waals surface area (Å²) in [6, 6.07) is 4.41. The first-order valence-electron chi connectivity index (χ1n) is 10.4. The number of aromatic nitrogens is 4. The SMILES string of the molecule is COCCN[C@H]1CC[C@H](C(=O)Nc2cc3cc(-c4cnn(C)c4)cnc3cn2)CC1. The highest BCUT2D eigenvalue weighted by atomic mass is 16.5. The lowest BCUT2D eigenvalue weighted by Gasteiger charge is -2.28. The molecule has 3 aromatic rings. The molecule has 8 heteroatoms. The summed E-state index contributed by atoms with van der Waals surface area (Å²) in [6.07, 6.45) is 11.1. The molecule has 158 valence electrons. The normalized spacial score (nSPS) is 19.1. The molecular formula is C22H28N6O2. The van der Waals surface area contributed by atoms with E-state index in [0.717, 1.165) is 54.3 Å². The molecule has 0 radical (unpaired) electrons. The van der Waals surface area contributed by atoms with Crippen LogP contribution in [0.3, 0.4) is 0 Å². The zero-order valence-electron chi connectivity index (χ0n) is 17.5. The van der Waals surface area contributed by atoms with E-state index in [1.54, 1.807) is 18.0 Å². The zero-order chi connectivity index (χ0) is 20.9. The molecule has 2 N–H and O–H groups in total. The van der Waals surface area contributed by atoms with E-state index < -0.39 is 0 Å². The third kappa shape index (κ3) is 4.83. The second-order valence-electron chi connectivity index (χ2n) is 7.87. The van der Waals surface area contributed by atoms with Crippen molar-refractivity contribution in [1.29, 1.82) is 0 Å². The van der Waals surface area contributed by atoms with Gasteiger partial charge in [0, 0.05) is 61.6 Å². The lowest BCUT2D eigenvalue weighted by molar-refractivity contribution is -0.120. The fraction of sp³-hybridized carbons (Fsp3) is 0.455. The van der Waals surface area contributed by atoms with Crippen molar-refractivity contribution in [3.8, 4) is 11.1 Å². The van der Waals surface area contributed by atoms with Crippen LogP contribution in [0.25, 0.3) is 22.0 Å². The van der Waals surface area contributed by atoms with E-state index in [1.165, 1.54) is 0 Å². The van der Waals surface area contributed by atoms with E-state index in [2.05, 4.69) is 25.7 Å². The number of nitrogens with zero attached hydrogens (tertiary/aromatic N) is 4. The number of carbonyl (C=O) groups excluding carboxylic acids is 1. The molecule has 1 saturated carbocycles. The van der Waals surface area contributed by atoms with Crippen molar-refractivity contribution >= 4 is 22.6 Å². The van der Waals surface area contributed by atoms with Crippen LogP contribution >= 0.6 is 0 Å². The van der Waals surface area contributed by atoms with E-state index in [9.17, 15) is 4.79 Å². The fourth-order valence-electron chi connectivity index (χ4n) is 3.98. The van der Waals surface area contributed by atoms with Crippen molar-refractivity contribution in [2.45, 2.75) is 31.7 Å². The van der Waals surface area contributed by atoms with Crippen molar-refractivity contribution < 1.29 is 9.53 Å². The molecule has 1 fully saturated rings. The van der Waals surface area contributed by atoms with Crippen LogP contribution in [-0.4, -0.2) is 52.0 Å². The van der Waals surface area contributed by atoms with E-state index in [-0.39, 0.29) is 11.8 Å². The summed E-state index contributed by atoms with van der Waals surface area (Å²) in [6.45, 7) is 1.57. The van der Waals surface area contributed by atoms with Crippen molar-refractivity contribution in [3.05, 3.63) is 36.9 Å². The number of fused-ring (bicyclic) bond motifs is 1. The molecule has 0 spiro atoms. The Labute approximate surface area is 176 Å². The Bertz CT molecular complexity index is 1010. The minimum absolute atomic E-state index is 0.0304. The highest BCUT2D eigenvalue weighted by Crippen LogP contribution is 2.27. The number of pyridine rings is 2. The van der Waals surface area contributed by atoms with Crippen molar-refractivity contribution in [2.24, 2.45) is 13.0 Å². The smallest absolute Gasteiger partial charge is 0.228 e. The standard InChI is InChI=1S/C22H28N6O2/c1-28-14-18(12-26-28)17-9-16-10-21(25-13-20(16)24-11-17)27-22(29)15-3-5-19(6-4-15)23-7-8-30-2/h9-15,19,23H,3-8H2,1-2H3,(H,25,27,29)/t15-,19-. The largest absolute Gasteiger partial charge is 0.383 e. The summed E-state index contributed by atoms with van der Waals surface area (Å²) < 4.78 is 6.84. The Morgan fingerprint density at radius 3 is 2.70 bits per heavy atom. The average molecular weight is 409 g/mol. The van der Waals surface area contributed by atoms with E-state index in [0.29, 0.717) is 18.5 Å². The summed E-state index contributed by atoms with van der Waals surface area (Å²) in [7, 11) is 3.60. The summed E-state index contributed by atoms with van der Waals surface area (Å²) in [4.78, 5) is 21.6. The van der Waals surface area contributed by atoms with Gasteiger partial charge in [-0.3, -0.25) is 14.5 Å². The molecule has 30 heavy (non-hydrogen) atoms. The van der Waals surface area contributed by atoms with Crippen molar-refractivity contribution in [2.75, 3.05) is 25.6 Å². The maximum Gasteiger partial charge on any atom is 0.228 e. The van der Waals surface area contributed by atoms with Gasteiger partial charge in [-0.1, -0.05) is 0 Å². The Balaban J connectivity index is 1.39. The van der Waals surface area contributed by atoms with Gasteiger partial charge >= 0.3 is 0 Å². The number of rotatable bonds is 7. The predicted molar refractivity (Wildman–Crippen MR) is 116 cm³/mol. The van der Waals surface area contributed by atoms with Crippen molar-refractivity contribution in [3.63, 3.8) is 0 Å². The number of hydrogen-bond donors (Lipinski definition) is 2. The Morgan fingerprint density at radius 2 is 1.97 bits per heavy atom. The Hall–Kier alpha value is -2.84. The first-order chi connectivity index (χ1) is 14.6.